The fraction of sp³-hybridized carbons (Fsp3) is 0.462. The highest BCUT2D eigenvalue weighted by atomic mass is 35.5. The summed E-state index contributed by atoms with van der Waals surface area (Å²) in [4.78, 5) is 11.2. The number of rotatable bonds is 6. The van der Waals surface area contributed by atoms with E-state index in [0.29, 0.717) is 22.2 Å². The van der Waals surface area contributed by atoms with Crippen molar-refractivity contribution in [2.24, 2.45) is 5.92 Å². The summed E-state index contributed by atoms with van der Waals surface area (Å²) in [6.45, 7) is 3.65. The predicted octanol–water partition coefficient (Wildman–Crippen LogP) is 2.88. The van der Waals surface area contributed by atoms with Gasteiger partial charge in [-0.15, -0.1) is 0 Å². The molecule has 0 aliphatic heterocycles. The Labute approximate surface area is 117 Å². The number of benzene rings is 1. The van der Waals surface area contributed by atoms with Gasteiger partial charge in [-0.2, -0.15) is 0 Å². The first-order chi connectivity index (χ1) is 8.90. The van der Waals surface area contributed by atoms with Gasteiger partial charge in [0.2, 0.25) is 0 Å². The Balaban J connectivity index is 3.14. The Morgan fingerprint density at radius 1 is 1.26 bits per heavy atom. The number of carbonyl (C=O) groups is 1. The van der Waals surface area contributed by atoms with E-state index in [9.17, 15) is 9.90 Å². The van der Waals surface area contributed by atoms with Gasteiger partial charge in [0.05, 0.1) is 24.9 Å². The first-order valence-corrected chi connectivity index (χ1v) is 6.19. The van der Waals surface area contributed by atoms with Crippen LogP contribution in [0.15, 0.2) is 12.1 Å². The molecule has 0 radical (unpaired) electrons. The van der Waals surface area contributed by atoms with Crippen molar-refractivity contribution in [2.45, 2.75) is 19.9 Å². The SMILES string of the molecule is COc1cc(NC(C(=O)O)C(C)C)c(OC)cc1Cl. The van der Waals surface area contributed by atoms with Crippen LogP contribution in [-0.4, -0.2) is 31.3 Å². The Hall–Kier alpha value is -1.62. The van der Waals surface area contributed by atoms with Gasteiger partial charge in [-0.25, -0.2) is 4.79 Å². The summed E-state index contributed by atoms with van der Waals surface area (Å²) in [6, 6.07) is 2.49. The average Bonchev–Trinajstić information content (AvgIpc) is 2.35. The summed E-state index contributed by atoms with van der Waals surface area (Å²) in [6.07, 6.45) is 0. The summed E-state index contributed by atoms with van der Waals surface area (Å²) in [5, 5.41) is 12.5. The minimum atomic E-state index is -0.925. The lowest BCUT2D eigenvalue weighted by molar-refractivity contribution is -0.138. The van der Waals surface area contributed by atoms with Gasteiger partial charge >= 0.3 is 5.97 Å². The summed E-state index contributed by atoms with van der Waals surface area (Å²) >= 11 is 5.99. The van der Waals surface area contributed by atoms with E-state index in [1.54, 1.807) is 12.1 Å². The van der Waals surface area contributed by atoms with E-state index in [1.165, 1.54) is 14.2 Å². The highest BCUT2D eigenvalue weighted by Crippen LogP contribution is 2.36. The first kappa shape index (κ1) is 15.4. The topological polar surface area (TPSA) is 67.8 Å². The van der Waals surface area contributed by atoms with Gasteiger partial charge < -0.3 is 19.9 Å². The van der Waals surface area contributed by atoms with Crippen LogP contribution in [0, 0.1) is 5.92 Å². The number of nitrogens with one attached hydrogen (secondary N) is 1. The zero-order chi connectivity index (χ0) is 14.6. The predicted molar refractivity (Wildman–Crippen MR) is 74.4 cm³/mol. The van der Waals surface area contributed by atoms with E-state index in [-0.39, 0.29) is 5.92 Å². The molecule has 1 rings (SSSR count). The van der Waals surface area contributed by atoms with Gasteiger partial charge in [0, 0.05) is 12.1 Å². The normalized spacial score (nSPS) is 12.1. The van der Waals surface area contributed by atoms with Gasteiger partial charge in [0.25, 0.3) is 0 Å². The first-order valence-electron chi connectivity index (χ1n) is 5.81. The molecule has 2 N–H and O–H groups in total. The number of aliphatic carboxylic acids is 1. The molecule has 19 heavy (non-hydrogen) atoms. The van der Waals surface area contributed by atoms with Gasteiger partial charge in [-0.3, -0.25) is 0 Å². The second-order valence-corrected chi connectivity index (χ2v) is 4.80. The smallest absolute Gasteiger partial charge is 0.326 e. The molecule has 0 aliphatic rings. The second kappa shape index (κ2) is 6.52. The largest absolute Gasteiger partial charge is 0.495 e. The maximum atomic E-state index is 11.2. The van der Waals surface area contributed by atoms with Crippen molar-refractivity contribution >= 4 is 23.3 Å². The molecule has 1 aromatic rings. The molecule has 0 bridgehead atoms. The number of halogens is 1. The lowest BCUT2D eigenvalue weighted by Gasteiger charge is -2.21. The number of methoxy groups -OCH3 is 2. The van der Waals surface area contributed by atoms with Crippen LogP contribution in [-0.2, 0) is 4.79 Å². The van der Waals surface area contributed by atoms with Crippen LogP contribution < -0.4 is 14.8 Å². The highest BCUT2D eigenvalue weighted by Gasteiger charge is 2.23. The number of ether oxygens (including phenoxy) is 2. The van der Waals surface area contributed by atoms with Crippen molar-refractivity contribution in [1.82, 2.24) is 0 Å². The Morgan fingerprint density at radius 3 is 2.26 bits per heavy atom. The maximum Gasteiger partial charge on any atom is 0.326 e. The van der Waals surface area contributed by atoms with E-state index in [1.807, 2.05) is 13.8 Å². The second-order valence-electron chi connectivity index (χ2n) is 4.39. The van der Waals surface area contributed by atoms with Crippen LogP contribution in [0.25, 0.3) is 0 Å². The molecule has 5 nitrogen and oxygen atoms in total. The van der Waals surface area contributed by atoms with Crippen molar-refractivity contribution in [1.29, 1.82) is 0 Å². The number of anilines is 1. The van der Waals surface area contributed by atoms with Crippen LogP contribution >= 0.6 is 11.6 Å². The molecule has 1 aromatic carbocycles. The monoisotopic (exact) mass is 287 g/mol. The summed E-state index contributed by atoms with van der Waals surface area (Å²) in [5.41, 5.74) is 0.532. The molecule has 1 unspecified atom stereocenters. The fourth-order valence-electron chi connectivity index (χ4n) is 1.65. The molecule has 0 aliphatic carbocycles. The third kappa shape index (κ3) is 3.67. The lowest BCUT2D eigenvalue weighted by atomic mass is 10.0. The summed E-state index contributed by atoms with van der Waals surface area (Å²) < 4.78 is 10.3. The minimum absolute atomic E-state index is 0.0797. The van der Waals surface area contributed by atoms with E-state index >= 15 is 0 Å². The van der Waals surface area contributed by atoms with Crippen LogP contribution in [0.5, 0.6) is 11.5 Å². The van der Waals surface area contributed by atoms with E-state index in [2.05, 4.69) is 5.32 Å². The zero-order valence-electron chi connectivity index (χ0n) is 11.4. The van der Waals surface area contributed by atoms with E-state index in [4.69, 9.17) is 21.1 Å². The quantitative estimate of drug-likeness (QED) is 0.842. The highest BCUT2D eigenvalue weighted by molar-refractivity contribution is 6.32. The molecular weight excluding hydrogens is 270 g/mol. The Kier molecular flexibility index (Phi) is 5.30. The number of hydrogen-bond acceptors (Lipinski definition) is 4. The van der Waals surface area contributed by atoms with Crippen molar-refractivity contribution in [3.05, 3.63) is 17.2 Å². The molecule has 0 amide bonds. The van der Waals surface area contributed by atoms with Crippen LogP contribution in [0.3, 0.4) is 0 Å². The molecular formula is C13H18ClNO4. The lowest BCUT2D eigenvalue weighted by Crippen LogP contribution is -2.34. The van der Waals surface area contributed by atoms with Gasteiger partial charge in [-0.1, -0.05) is 25.4 Å². The standard InChI is InChI=1S/C13H18ClNO4/c1-7(2)12(13(16)17)15-9-6-10(18-3)8(14)5-11(9)19-4/h5-7,12,15H,1-4H3,(H,16,17). The molecule has 0 saturated heterocycles. The average molecular weight is 288 g/mol. The van der Waals surface area contributed by atoms with Crippen molar-refractivity contribution in [3.63, 3.8) is 0 Å². The fourth-order valence-corrected chi connectivity index (χ4v) is 1.89. The van der Waals surface area contributed by atoms with Crippen LogP contribution in [0.1, 0.15) is 13.8 Å². The Morgan fingerprint density at radius 2 is 1.84 bits per heavy atom. The van der Waals surface area contributed by atoms with Crippen LogP contribution in [0.2, 0.25) is 5.02 Å². The number of hydrogen-bond donors (Lipinski definition) is 2. The molecule has 0 heterocycles. The molecule has 106 valence electrons. The van der Waals surface area contributed by atoms with Crippen LogP contribution in [0.4, 0.5) is 5.69 Å². The number of carboxylic acids is 1. The number of carboxylic acid groups (broad SMARTS) is 1. The summed E-state index contributed by atoms with van der Waals surface area (Å²) in [5.74, 6) is -0.0783. The van der Waals surface area contributed by atoms with Crippen molar-refractivity contribution in [3.8, 4) is 11.5 Å². The summed E-state index contributed by atoms with van der Waals surface area (Å²) in [7, 11) is 2.99. The van der Waals surface area contributed by atoms with Crippen molar-refractivity contribution < 1.29 is 19.4 Å². The van der Waals surface area contributed by atoms with E-state index in [0.717, 1.165) is 0 Å². The van der Waals surface area contributed by atoms with E-state index < -0.39 is 12.0 Å². The third-order valence-corrected chi connectivity index (χ3v) is 3.01. The molecule has 0 aromatic heterocycles. The molecule has 0 saturated carbocycles. The molecule has 1 atom stereocenters. The third-order valence-electron chi connectivity index (χ3n) is 2.72. The van der Waals surface area contributed by atoms with Crippen molar-refractivity contribution in [2.75, 3.05) is 19.5 Å². The van der Waals surface area contributed by atoms with Gasteiger partial charge in [0.1, 0.15) is 17.5 Å². The molecule has 0 spiro atoms. The maximum absolute atomic E-state index is 11.2. The Bertz CT molecular complexity index is 462. The minimum Gasteiger partial charge on any atom is -0.495 e. The molecule has 0 fully saturated rings. The van der Waals surface area contributed by atoms with Gasteiger partial charge in [-0.05, 0) is 5.92 Å². The van der Waals surface area contributed by atoms with Gasteiger partial charge in [0.15, 0.2) is 0 Å². The molecule has 6 heteroatoms. The zero-order valence-corrected chi connectivity index (χ0v) is 12.1.